The lowest BCUT2D eigenvalue weighted by Gasteiger charge is -2.40. The van der Waals surface area contributed by atoms with Crippen molar-refractivity contribution in [2.24, 2.45) is 0 Å². The topological polar surface area (TPSA) is 359 Å². The summed E-state index contributed by atoms with van der Waals surface area (Å²) in [6.07, 6.45) is -73.6. The molecule has 0 spiro atoms. The maximum Gasteiger partial charge on any atom is 0.399 e. The standard InChI is InChI=1S/C20H13F6O3.C14H11F6O6.C10H13F6O4.C8H9F6O4.C7H7F6O4.C7H7F6O3S/c21-19(22,23)18(28,20(24,25)26)17(27)29-10-9-16-14-7-3-1-5-12(14)11-13-6-2-4-8-15(13)16;1-24-9-4-2-3-8(7-9)10(21)25-5-6-26-11(22)12(23,13(15,16)17)14(18,19)20;1-2-3-4-19-5-6-20-7(17)8(18,9(11,12)13)10(14,15)16;1-2-17-3-4-18-5(15)6(16,7(9,10)11)8(12,13)14;1-16-2-3-17-4(14)5(15,6(8,9)10)7(11,12)13;1-17-3-2-16-4(14)5(15,6(8,9)10)7(11,12)13/h1-8,11H,9-10H2;2-4,7H,5-6H2,1H3;2-6H2,1H3;2-4H2,1H3;2*2-3H2,1H3/q6*-1. The van der Waals surface area contributed by atoms with Crippen LogP contribution in [0.1, 0.15) is 42.6 Å². The number of thioether (sulfide) groups is 1. The second-order valence-electron chi connectivity index (χ2n) is 23.4. The van der Waals surface area contributed by atoms with Crippen LogP contribution < -0.4 is 35.4 Å². The van der Waals surface area contributed by atoms with E-state index in [9.17, 15) is 222 Å². The molecule has 0 unspecified atom stereocenters. The summed E-state index contributed by atoms with van der Waals surface area (Å²) in [6, 6.07) is 21.4. The fourth-order valence-corrected chi connectivity index (χ4v) is 8.25. The Kier molecular flexibility index (Phi) is 44.9. The molecule has 0 aliphatic carbocycles. The number of fused-ring (bicyclic) bond motifs is 2. The predicted octanol–water partition coefficient (Wildman–Crippen LogP) is 9.80. The van der Waals surface area contributed by atoms with Crippen molar-refractivity contribution in [3.63, 3.8) is 0 Å². The van der Waals surface area contributed by atoms with Gasteiger partial charge in [-0.25, -0.2) is 4.79 Å². The molecule has 0 aliphatic heterocycles. The van der Waals surface area contributed by atoms with Crippen LogP contribution in [0.25, 0.3) is 21.5 Å². The van der Waals surface area contributed by atoms with Gasteiger partial charge in [0.1, 0.15) is 45.4 Å². The van der Waals surface area contributed by atoms with Crippen molar-refractivity contribution in [1.82, 2.24) is 0 Å². The number of hydrogen-bond donors (Lipinski definition) is 0. The Balaban J connectivity index is 0. The summed E-state index contributed by atoms with van der Waals surface area (Å²) in [5.74, 6) is -18.4. The number of methoxy groups -OCH3 is 2. The molecule has 0 bridgehead atoms. The molecule has 0 amide bonds. The van der Waals surface area contributed by atoms with Gasteiger partial charge in [-0.2, -0.15) is 170 Å². The van der Waals surface area contributed by atoms with Gasteiger partial charge in [0.15, 0.2) is 33.6 Å². The minimum Gasteiger partial charge on any atom is -0.828 e. The smallest absolute Gasteiger partial charge is 0.399 e. The minimum atomic E-state index is -6.46. The Hall–Kier alpha value is -9.04. The summed E-state index contributed by atoms with van der Waals surface area (Å²) in [6.45, 7) is -3.72. The Morgan fingerprint density at radius 3 is 0.874 bits per heavy atom. The van der Waals surface area contributed by atoms with Gasteiger partial charge in [-0.1, -0.05) is 67.9 Å². The van der Waals surface area contributed by atoms with E-state index in [4.69, 9.17) is 9.47 Å². The molecule has 127 heavy (non-hydrogen) atoms. The lowest BCUT2D eigenvalue weighted by atomic mass is 9.95. The maximum atomic E-state index is 12.7. The average molecular weight is 1950 g/mol. The molecular formula is C66H60F36O24S-6. The van der Waals surface area contributed by atoms with Gasteiger partial charge < -0.3 is 82.7 Å². The summed E-state index contributed by atoms with van der Waals surface area (Å²) in [5.41, 5.74) is -34.3. The van der Waals surface area contributed by atoms with Crippen LogP contribution in [-0.4, -0.2) is 255 Å². The van der Waals surface area contributed by atoms with Crippen molar-refractivity contribution in [2.75, 3.05) is 106 Å². The number of esters is 7. The van der Waals surface area contributed by atoms with Gasteiger partial charge in [-0.3, -0.25) is 28.8 Å². The van der Waals surface area contributed by atoms with Crippen LogP contribution in [0.3, 0.4) is 0 Å². The number of hydrogen-bond acceptors (Lipinski definition) is 25. The van der Waals surface area contributed by atoms with Crippen molar-refractivity contribution in [3.05, 3.63) is 90.0 Å². The number of halogens is 36. The van der Waals surface area contributed by atoms with E-state index in [1.54, 1.807) is 48.5 Å². The van der Waals surface area contributed by atoms with Gasteiger partial charge in [0.25, 0.3) is 0 Å². The number of ether oxygens (including phenoxy) is 11. The zero-order valence-corrected chi connectivity index (χ0v) is 64.4. The second kappa shape index (κ2) is 47.5. The molecule has 4 aromatic carbocycles. The first-order valence-electron chi connectivity index (χ1n) is 33.1. The molecule has 0 radical (unpaired) electrons. The highest BCUT2D eigenvalue weighted by molar-refractivity contribution is 7.98. The van der Waals surface area contributed by atoms with Gasteiger partial charge in [0.2, 0.25) is 0 Å². The van der Waals surface area contributed by atoms with Gasteiger partial charge >= 0.3 is 116 Å². The maximum absolute atomic E-state index is 12.7. The van der Waals surface area contributed by atoms with E-state index in [-0.39, 0.29) is 36.7 Å². The number of benzene rings is 4. The largest absolute Gasteiger partial charge is 0.828 e. The first-order chi connectivity index (χ1) is 57.2. The van der Waals surface area contributed by atoms with Crippen LogP contribution >= 0.6 is 11.8 Å². The van der Waals surface area contributed by atoms with Crippen LogP contribution in [0.5, 0.6) is 5.75 Å². The van der Waals surface area contributed by atoms with E-state index in [0.717, 1.165) is 36.1 Å². The number of carbonyl (C=O) groups excluding carboxylic acids is 7. The fraction of sp³-hybridized carbons (Fsp3) is 0.591. The van der Waals surface area contributed by atoms with Crippen molar-refractivity contribution >= 4 is 75.1 Å². The highest BCUT2D eigenvalue weighted by atomic mass is 32.2. The summed E-state index contributed by atoms with van der Waals surface area (Å²) in [5, 5.41) is 68.4. The Morgan fingerprint density at radius 1 is 0.315 bits per heavy atom. The Morgan fingerprint density at radius 2 is 0.591 bits per heavy atom. The molecule has 61 heteroatoms. The summed E-state index contributed by atoms with van der Waals surface area (Å²) in [4.78, 5) is 76.9. The Labute approximate surface area is 690 Å². The molecule has 4 rings (SSSR count). The summed E-state index contributed by atoms with van der Waals surface area (Å²) >= 11 is 1.03. The molecule has 24 nitrogen and oxygen atoms in total. The zero-order chi connectivity index (χ0) is 100. The highest BCUT2D eigenvalue weighted by Crippen LogP contribution is 2.48. The molecule has 0 heterocycles. The number of alkyl halides is 36. The van der Waals surface area contributed by atoms with Gasteiger partial charge in [0, 0.05) is 32.5 Å². The van der Waals surface area contributed by atoms with E-state index in [2.05, 4.69) is 42.6 Å². The van der Waals surface area contributed by atoms with Crippen LogP contribution in [-0.2, 0) is 82.6 Å². The molecule has 0 saturated heterocycles. The van der Waals surface area contributed by atoms with Crippen LogP contribution in [0.4, 0.5) is 158 Å². The third-order valence-electron chi connectivity index (χ3n) is 14.6. The second-order valence-corrected chi connectivity index (χ2v) is 24.4. The zero-order valence-electron chi connectivity index (χ0n) is 63.6. The average Bonchev–Trinajstić information content (AvgIpc) is 0.777. The normalized spacial score (nSPS) is 13.2. The van der Waals surface area contributed by atoms with E-state index < -0.39 is 216 Å². The molecular weight excluding hydrogens is 1890 g/mol. The molecule has 0 aromatic heterocycles. The van der Waals surface area contributed by atoms with Crippen molar-refractivity contribution < 1.29 is 274 Å². The third kappa shape index (κ3) is 31.4. The minimum absolute atomic E-state index is 0.0163. The molecule has 732 valence electrons. The number of unbranched alkanes of at least 4 members (excludes halogenated alkanes) is 1. The molecule has 0 atom stereocenters. The highest BCUT2D eigenvalue weighted by Gasteiger charge is 2.73. The van der Waals surface area contributed by atoms with E-state index in [1.165, 1.54) is 44.6 Å². The number of rotatable bonds is 30. The number of carbonyl (C=O) groups is 7. The first kappa shape index (κ1) is 120. The van der Waals surface area contributed by atoms with Crippen LogP contribution in [0.2, 0.25) is 0 Å². The first-order valence-corrected chi connectivity index (χ1v) is 34.5. The van der Waals surface area contributed by atoms with E-state index >= 15 is 0 Å². The van der Waals surface area contributed by atoms with Gasteiger partial charge in [-0.05, 0) is 71.0 Å². The van der Waals surface area contributed by atoms with E-state index in [1.807, 2.05) is 13.0 Å². The van der Waals surface area contributed by atoms with Crippen molar-refractivity contribution in [1.29, 1.82) is 0 Å². The lowest BCUT2D eigenvalue weighted by molar-refractivity contribution is -0.574. The van der Waals surface area contributed by atoms with Crippen LogP contribution in [0, 0.1) is 0 Å². The Bertz CT molecular complexity index is 3920. The summed E-state index contributed by atoms with van der Waals surface area (Å²) < 4.78 is 485. The predicted molar refractivity (Wildman–Crippen MR) is 336 cm³/mol. The lowest BCUT2D eigenvalue weighted by Crippen LogP contribution is -2.71. The SMILES string of the molecule is CCCCOCCOC(=O)C([O-])(C(F)(F)F)C(F)(F)F.CCOCCOC(=O)C([O-])(C(F)(F)F)C(F)(F)F.COCCOC(=O)C([O-])(C(F)(F)F)C(F)(F)F.COc1cccc(C(=O)OCCOC(=O)C([O-])(C(F)(F)F)C(F)(F)F)c1.CSCCOC(=O)C([O-])(C(F)(F)F)C(F)(F)F.O=C(OCCc1c2ccccc2cc2ccccc12)C([O-])(C(F)(F)F)C(F)(F)F. The molecule has 0 fully saturated rings. The van der Waals surface area contributed by atoms with Crippen molar-refractivity contribution in [3.8, 4) is 5.75 Å². The quantitative estimate of drug-likeness (QED) is 0.0154. The van der Waals surface area contributed by atoms with Crippen molar-refractivity contribution in [2.45, 2.75) is 141 Å². The fourth-order valence-electron chi connectivity index (χ4n) is 8.00. The third-order valence-corrected chi connectivity index (χ3v) is 15.2. The molecule has 0 N–H and O–H groups in total. The summed E-state index contributed by atoms with van der Waals surface area (Å²) in [7, 11) is 2.40. The molecule has 0 saturated carbocycles. The van der Waals surface area contributed by atoms with Crippen LogP contribution in [0.15, 0.2) is 78.9 Å². The molecule has 4 aromatic rings. The monoisotopic (exact) mass is 1950 g/mol. The van der Waals surface area contributed by atoms with Gasteiger partial charge in [-0.15, -0.1) is 0 Å². The molecule has 0 aliphatic rings. The van der Waals surface area contributed by atoms with E-state index in [0.29, 0.717) is 22.8 Å². The van der Waals surface area contributed by atoms with Gasteiger partial charge in [0.05, 0.1) is 39.1 Å².